The van der Waals surface area contributed by atoms with Crippen molar-refractivity contribution in [1.82, 2.24) is 0 Å². The largest absolute Gasteiger partial charge is 0.229 e. The zero-order chi connectivity index (χ0) is 16.5. The predicted octanol–water partition coefficient (Wildman–Crippen LogP) is 2.49. The molecule has 0 amide bonds. The van der Waals surface area contributed by atoms with Crippen molar-refractivity contribution in [1.29, 1.82) is 0 Å². The molecule has 1 saturated heterocycles. The Morgan fingerprint density at radius 3 is 2.00 bits per heavy atom. The molecule has 0 aliphatic carbocycles. The molecule has 1 heterocycles. The molecule has 0 bridgehead atoms. The molecule has 21 heavy (non-hydrogen) atoms. The number of alkyl halides is 2. The topological polar surface area (TPSA) is 68.3 Å². The van der Waals surface area contributed by atoms with E-state index in [-0.39, 0.29) is 34.9 Å². The fraction of sp³-hybridized carbons (Fsp3) is 1.00. The summed E-state index contributed by atoms with van der Waals surface area (Å²) in [4.78, 5) is 0. The van der Waals surface area contributed by atoms with E-state index in [0.717, 1.165) is 0 Å². The van der Waals surface area contributed by atoms with Crippen molar-refractivity contribution in [3.05, 3.63) is 0 Å². The molecule has 0 radical (unpaired) electrons. The average Bonchev–Trinajstić information content (AvgIpc) is 2.71. The fourth-order valence-corrected chi connectivity index (χ4v) is 6.73. The molecule has 1 atom stereocenters. The van der Waals surface area contributed by atoms with Crippen LogP contribution in [0.5, 0.6) is 0 Å². The first-order valence-corrected chi connectivity index (χ1v) is 11.5. The summed E-state index contributed by atoms with van der Waals surface area (Å²) >= 11 is 12.1. The van der Waals surface area contributed by atoms with E-state index < -0.39 is 29.8 Å². The third-order valence-electron chi connectivity index (χ3n) is 4.43. The van der Waals surface area contributed by atoms with Gasteiger partial charge in [0.05, 0.1) is 22.0 Å². The lowest BCUT2D eigenvalue weighted by Crippen LogP contribution is -2.40. The number of sulfone groups is 2. The van der Waals surface area contributed by atoms with Crippen molar-refractivity contribution in [3.63, 3.8) is 0 Å². The lowest BCUT2D eigenvalue weighted by Gasteiger charge is -2.36. The second-order valence-corrected chi connectivity index (χ2v) is 12.5. The quantitative estimate of drug-likeness (QED) is 0.665. The molecule has 1 aliphatic heterocycles. The summed E-state index contributed by atoms with van der Waals surface area (Å²) in [6.45, 7) is 4.97. The van der Waals surface area contributed by atoms with Crippen LogP contribution in [0, 0.1) is 11.3 Å². The van der Waals surface area contributed by atoms with Gasteiger partial charge >= 0.3 is 0 Å². The van der Waals surface area contributed by atoms with E-state index in [4.69, 9.17) is 23.2 Å². The van der Waals surface area contributed by atoms with Gasteiger partial charge in [0, 0.05) is 17.2 Å². The van der Waals surface area contributed by atoms with Gasteiger partial charge in [0.15, 0.2) is 19.7 Å². The summed E-state index contributed by atoms with van der Waals surface area (Å²) in [5, 5.41) is 0. The minimum absolute atomic E-state index is 0.0213. The molecule has 0 aromatic heterocycles. The molecule has 0 aromatic rings. The Kier molecular flexibility index (Phi) is 6.08. The molecule has 1 fully saturated rings. The van der Waals surface area contributed by atoms with Gasteiger partial charge in [0.1, 0.15) is 0 Å². The van der Waals surface area contributed by atoms with Gasteiger partial charge in [-0.15, -0.1) is 23.2 Å². The number of halogens is 2. The van der Waals surface area contributed by atoms with Crippen LogP contribution in [0.1, 0.15) is 33.6 Å². The van der Waals surface area contributed by atoms with Gasteiger partial charge in [-0.25, -0.2) is 16.8 Å². The SMILES string of the molecule is CC(C)(C)S(=O)(=O)CCC(CCl)(CCl)C1CCS(=O)(=O)C1. The highest BCUT2D eigenvalue weighted by Crippen LogP contribution is 2.42. The first kappa shape index (κ1) is 19.5. The van der Waals surface area contributed by atoms with Gasteiger partial charge in [-0.3, -0.25) is 0 Å². The first-order chi connectivity index (χ1) is 9.39. The zero-order valence-corrected chi connectivity index (χ0v) is 15.9. The number of hydrogen-bond acceptors (Lipinski definition) is 4. The smallest absolute Gasteiger partial charge is 0.155 e. The van der Waals surface area contributed by atoms with E-state index >= 15 is 0 Å². The third-order valence-corrected chi connectivity index (χ3v) is 9.87. The minimum Gasteiger partial charge on any atom is -0.229 e. The monoisotopic (exact) mass is 378 g/mol. The maximum absolute atomic E-state index is 12.3. The van der Waals surface area contributed by atoms with E-state index in [2.05, 4.69) is 0 Å². The van der Waals surface area contributed by atoms with Crippen LogP contribution >= 0.6 is 23.2 Å². The summed E-state index contributed by atoms with van der Waals surface area (Å²) in [6.07, 6.45) is 0.817. The number of rotatable bonds is 6. The van der Waals surface area contributed by atoms with Crippen LogP contribution in [-0.2, 0) is 19.7 Å². The van der Waals surface area contributed by atoms with Gasteiger partial charge in [0.25, 0.3) is 0 Å². The molecule has 0 aromatic carbocycles. The molecule has 0 spiro atoms. The van der Waals surface area contributed by atoms with Gasteiger partial charge in [-0.1, -0.05) is 0 Å². The summed E-state index contributed by atoms with van der Waals surface area (Å²) in [7, 11) is -6.32. The van der Waals surface area contributed by atoms with Gasteiger partial charge < -0.3 is 0 Å². The highest BCUT2D eigenvalue weighted by atomic mass is 35.5. The van der Waals surface area contributed by atoms with Crippen molar-refractivity contribution >= 4 is 42.9 Å². The van der Waals surface area contributed by atoms with Gasteiger partial charge in [0.2, 0.25) is 0 Å². The van der Waals surface area contributed by atoms with Crippen LogP contribution in [0.15, 0.2) is 0 Å². The predicted molar refractivity (Wildman–Crippen MR) is 88.8 cm³/mol. The lowest BCUT2D eigenvalue weighted by molar-refractivity contribution is 0.237. The molecule has 0 saturated carbocycles. The van der Waals surface area contributed by atoms with E-state index in [1.807, 2.05) is 0 Å². The van der Waals surface area contributed by atoms with Crippen LogP contribution in [0.2, 0.25) is 0 Å². The molecular formula is C13H24Cl2O4S2. The average molecular weight is 379 g/mol. The van der Waals surface area contributed by atoms with Crippen molar-refractivity contribution in [2.45, 2.75) is 38.4 Å². The lowest BCUT2D eigenvalue weighted by atomic mass is 9.76. The summed E-state index contributed by atoms with van der Waals surface area (Å²) in [5.41, 5.74) is -0.634. The Morgan fingerprint density at radius 2 is 1.67 bits per heavy atom. The molecule has 4 nitrogen and oxygen atoms in total. The molecule has 126 valence electrons. The molecular weight excluding hydrogens is 355 g/mol. The Bertz CT molecular complexity index is 557. The minimum atomic E-state index is -3.28. The Morgan fingerprint density at radius 1 is 1.14 bits per heavy atom. The van der Waals surface area contributed by atoms with Gasteiger partial charge in [-0.05, 0) is 39.5 Å². The molecule has 8 heteroatoms. The summed E-state index contributed by atoms with van der Waals surface area (Å²) < 4.78 is 47.1. The van der Waals surface area contributed by atoms with Crippen molar-refractivity contribution < 1.29 is 16.8 Å². The maximum Gasteiger partial charge on any atom is 0.155 e. The second kappa shape index (κ2) is 6.54. The van der Waals surface area contributed by atoms with Crippen molar-refractivity contribution in [2.24, 2.45) is 11.3 Å². The zero-order valence-electron chi connectivity index (χ0n) is 12.7. The number of hydrogen-bond donors (Lipinski definition) is 0. The van der Waals surface area contributed by atoms with E-state index in [9.17, 15) is 16.8 Å². The molecule has 1 unspecified atom stereocenters. The van der Waals surface area contributed by atoms with E-state index in [0.29, 0.717) is 12.8 Å². The highest BCUT2D eigenvalue weighted by Gasteiger charge is 2.45. The molecule has 0 N–H and O–H groups in total. The Labute approximate surface area is 138 Å². The van der Waals surface area contributed by atoms with Crippen LogP contribution < -0.4 is 0 Å². The van der Waals surface area contributed by atoms with Crippen LogP contribution in [0.3, 0.4) is 0 Å². The Hall–Kier alpha value is 0.480. The highest BCUT2D eigenvalue weighted by molar-refractivity contribution is 7.92. The van der Waals surface area contributed by atoms with Crippen molar-refractivity contribution in [2.75, 3.05) is 29.0 Å². The van der Waals surface area contributed by atoms with Gasteiger partial charge in [-0.2, -0.15) is 0 Å². The standard InChI is InChI=1S/C13H24Cl2O4S2/c1-12(2,3)21(18,19)7-5-13(9-14,10-15)11-4-6-20(16,17)8-11/h11H,4-10H2,1-3H3. The van der Waals surface area contributed by atoms with Crippen molar-refractivity contribution in [3.8, 4) is 0 Å². The summed E-state index contributed by atoms with van der Waals surface area (Å²) in [6, 6.07) is 0. The van der Waals surface area contributed by atoms with Crippen LogP contribution in [-0.4, -0.2) is 50.6 Å². The second-order valence-electron chi connectivity index (χ2n) is 6.91. The normalized spacial score (nSPS) is 23.4. The summed E-state index contributed by atoms with van der Waals surface area (Å²) in [5.74, 6) is 0.369. The third kappa shape index (κ3) is 4.49. The van der Waals surface area contributed by atoms with E-state index in [1.54, 1.807) is 20.8 Å². The van der Waals surface area contributed by atoms with Crippen LogP contribution in [0.4, 0.5) is 0 Å². The maximum atomic E-state index is 12.3. The van der Waals surface area contributed by atoms with E-state index in [1.165, 1.54) is 0 Å². The molecule has 1 rings (SSSR count). The fourth-order valence-electron chi connectivity index (χ4n) is 2.51. The molecule has 1 aliphatic rings. The first-order valence-electron chi connectivity index (χ1n) is 6.94. The Balaban J connectivity index is 2.93. The van der Waals surface area contributed by atoms with Crippen LogP contribution in [0.25, 0.3) is 0 Å².